The molecule has 1 aromatic heterocycles. The largest absolute Gasteiger partial charge is 0.635 e. The van der Waals surface area contributed by atoms with Crippen LogP contribution in [0.1, 0.15) is 5.56 Å². The quantitative estimate of drug-likeness (QED) is 0.358. The van der Waals surface area contributed by atoms with Crippen LogP contribution in [0.25, 0.3) is 11.0 Å². The lowest BCUT2D eigenvalue weighted by molar-refractivity contribution is -0.196. The first kappa shape index (κ1) is 18.0. The number of carbonyl (C=O) groups excluding carboxylic acids is 2. The molecule has 2 saturated heterocycles. The summed E-state index contributed by atoms with van der Waals surface area (Å²) >= 11 is 0. The number of hydrogen-bond donors (Lipinski definition) is 3. The number of benzene rings is 1. The third-order valence-electron chi connectivity index (χ3n) is 4.90. The van der Waals surface area contributed by atoms with Gasteiger partial charge >= 0.3 is 19.1 Å². The summed E-state index contributed by atoms with van der Waals surface area (Å²) in [6.07, 6.45) is 0.504. The zero-order chi connectivity index (χ0) is 19.0. The van der Waals surface area contributed by atoms with Crippen molar-refractivity contribution in [3.8, 4) is 0 Å². The molecule has 27 heavy (non-hydrogen) atoms. The van der Waals surface area contributed by atoms with E-state index in [1.165, 1.54) is 11.2 Å². The Hall–Kier alpha value is -2.40. The van der Waals surface area contributed by atoms with E-state index in [4.69, 9.17) is 23.9 Å². The molecule has 3 N–H and O–H groups in total. The van der Waals surface area contributed by atoms with E-state index in [0.29, 0.717) is 37.4 Å². The van der Waals surface area contributed by atoms with Gasteiger partial charge in [0, 0.05) is 30.5 Å². The highest BCUT2D eigenvalue weighted by Crippen LogP contribution is 2.37. The summed E-state index contributed by atoms with van der Waals surface area (Å²) in [7, 11) is -2.09. The lowest BCUT2D eigenvalue weighted by Gasteiger charge is -2.54. The molecule has 2 amide bonds. The minimum Gasteiger partial charge on any atom is -0.464 e. The van der Waals surface area contributed by atoms with Gasteiger partial charge in [-0.2, -0.15) is 0 Å². The number of carbonyl (C=O) groups is 2. The Balaban J connectivity index is 1.41. The van der Waals surface area contributed by atoms with Gasteiger partial charge in [0.2, 0.25) is 0 Å². The van der Waals surface area contributed by atoms with Gasteiger partial charge in [0.1, 0.15) is 11.8 Å². The molecule has 1 aromatic carbocycles. The Morgan fingerprint density at radius 2 is 2.04 bits per heavy atom. The fourth-order valence-electron chi connectivity index (χ4n) is 3.50. The van der Waals surface area contributed by atoms with Crippen LogP contribution in [-0.2, 0) is 25.4 Å². The van der Waals surface area contributed by atoms with Crippen LogP contribution < -0.4 is 5.32 Å². The fraction of sp³-hybridized carbons (Fsp3) is 0.412. The second-order valence-corrected chi connectivity index (χ2v) is 7.04. The fourth-order valence-corrected chi connectivity index (χ4v) is 3.50. The van der Waals surface area contributed by atoms with Crippen LogP contribution in [0.2, 0.25) is 0 Å². The predicted molar refractivity (Wildman–Crippen MR) is 93.0 cm³/mol. The number of furan rings is 1. The molecule has 2 fully saturated rings. The molecular weight excluding hydrogens is 355 g/mol. The van der Waals surface area contributed by atoms with Gasteiger partial charge in [0.15, 0.2) is 0 Å². The summed E-state index contributed by atoms with van der Waals surface area (Å²) in [5, 5.41) is 21.5. The maximum Gasteiger partial charge on any atom is 0.635 e. The van der Waals surface area contributed by atoms with Crippen molar-refractivity contribution >= 4 is 30.1 Å². The summed E-state index contributed by atoms with van der Waals surface area (Å²) in [4.78, 5) is 26.0. The van der Waals surface area contributed by atoms with Gasteiger partial charge in [0.05, 0.1) is 24.9 Å². The molecule has 0 aliphatic carbocycles. The second kappa shape index (κ2) is 6.97. The van der Waals surface area contributed by atoms with Crippen LogP contribution in [0, 0.1) is 5.41 Å². The van der Waals surface area contributed by atoms with Crippen molar-refractivity contribution in [1.82, 2.24) is 10.2 Å². The molecule has 2 aromatic rings. The zero-order valence-electron chi connectivity index (χ0n) is 14.5. The van der Waals surface area contributed by atoms with E-state index in [1.807, 2.05) is 18.2 Å². The molecule has 1 atom stereocenters. The molecule has 1 spiro atoms. The standard InChI is InChI=1S/C17H19BN2O7/c21-15(16(22)20-7-17(8-20)9-25-10-17)19-14(27-18(23)24)5-11-6-26-13-4-2-1-3-12(11)13/h1-4,6,14,23-24H,5,7-10H2,(H,19,21)/t14-/m1/s1. The lowest BCUT2D eigenvalue weighted by Crippen LogP contribution is -2.68. The normalized spacial score (nSPS) is 18.7. The van der Waals surface area contributed by atoms with Gasteiger partial charge in [-0.3, -0.25) is 9.59 Å². The Kier molecular flexibility index (Phi) is 4.64. The van der Waals surface area contributed by atoms with Gasteiger partial charge in [-0.25, -0.2) is 0 Å². The van der Waals surface area contributed by atoms with Crippen LogP contribution in [0.4, 0.5) is 0 Å². The average Bonchev–Trinajstić information content (AvgIpc) is 2.94. The molecule has 2 aliphatic rings. The van der Waals surface area contributed by atoms with E-state index < -0.39 is 25.4 Å². The highest BCUT2D eigenvalue weighted by atomic mass is 16.6. The summed E-state index contributed by atoms with van der Waals surface area (Å²) in [6.45, 7) is 2.18. The van der Waals surface area contributed by atoms with Crippen LogP contribution in [0.5, 0.6) is 0 Å². The molecule has 0 unspecified atom stereocenters. The van der Waals surface area contributed by atoms with Crippen LogP contribution in [0.15, 0.2) is 34.9 Å². The topological polar surface area (TPSA) is 121 Å². The van der Waals surface area contributed by atoms with Gasteiger partial charge in [-0.15, -0.1) is 0 Å². The van der Waals surface area contributed by atoms with E-state index in [2.05, 4.69) is 5.32 Å². The van der Waals surface area contributed by atoms with E-state index >= 15 is 0 Å². The maximum atomic E-state index is 12.3. The van der Waals surface area contributed by atoms with Crippen LogP contribution in [-0.4, -0.2) is 66.6 Å². The number of fused-ring (bicyclic) bond motifs is 1. The number of rotatable bonds is 5. The van der Waals surface area contributed by atoms with E-state index in [0.717, 1.165) is 5.39 Å². The van der Waals surface area contributed by atoms with Crippen molar-refractivity contribution < 1.29 is 33.4 Å². The number of likely N-dealkylation sites (tertiary alicyclic amines) is 1. The summed E-state index contributed by atoms with van der Waals surface area (Å²) in [5.41, 5.74) is 1.37. The number of nitrogens with one attached hydrogen (secondary N) is 1. The van der Waals surface area contributed by atoms with Crippen LogP contribution in [0.3, 0.4) is 0 Å². The first-order valence-electron chi connectivity index (χ1n) is 8.60. The summed E-state index contributed by atoms with van der Waals surface area (Å²) in [6, 6.07) is 7.30. The van der Waals surface area contributed by atoms with Crippen molar-refractivity contribution in [3.63, 3.8) is 0 Å². The molecule has 0 saturated carbocycles. The highest BCUT2D eigenvalue weighted by molar-refractivity contribution is 6.35. The van der Waals surface area contributed by atoms with E-state index in [1.54, 1.807) is 6.07 Å². The first-order chi connectivity index (χ1) is 13.0. The molecule has 4 rings (SSSR count). The number of nitrogens with zero attached hydrogens (tertiary/aromatic N) is 1. The van der Waals surface area contributed by atoms with Gasteiger partial charge in [-0.1, -0.05) is 18.2 Å². The molecule has 10 heteroatoms. The molecule has 2 aliphatic heterocycles. The van der Waals surface area contributed by atoms with Gasteiger partial charge in [-0.05, 0) is 6.07 Å². The SMILES string of the molecule is O=C(N[C@@H](Cc1coc2ccccc12)OB(O)O)C(=O)N1CC2(COC2)C1. The number of amides is 2. The monoisotopic (exact) mass is 374 g/mol. The van der Waals surface area contributed by atoms with E-state index in [9.17, 15) is 9.59 Å². The van der Waals surface area contributed by atoms with Crippen molar-refractivity contribution in [2.75, 3.05) is 26.3 Å². The number of para-hydroxylation sites is 1. The Morgan fingerprint density at radius 1 is 1.30 bits per heavy atom. The maximum absolute atomic E-state index is 12.3. The third kappa shape index (κ3) is 3.56. The minimum atomic E-state index is -2.09. The second-order valence-electron chi connectivity index (χ2n) is 7.04. The van der Waals surface area contributed by atoms with Gasteiger partial charge in [0.25, 0.3) is 0 Å². The molecule has 0 bridgehead atoms. The van der Waals surface area contributed by atoms with Crippen LogP contribution >= 0.6 is 0 Å². The molecular formula is C17H19BN2O7. The van der Waals surface area contributed by atoms with Gasteiger partial charge < -0.3 is 34.1 Å². The number of ether oxygens (including phenoxy) is 1. The van der Waals surface area contributed by atoms with Crippen molar-refractivity contribution in [3.05, 3.63) is 36.1 Å². The predicted octanol–water partition coefficient (Wildman–Crippen LogP) is -0.738. The average molecular weight is 374 g/mol. The van der Waals surface area contributed by atoms with Crippen molar-refractivity contribution in [2.45, 2.75) is 12.6 Å². The summed E-state index contributed by atoms with van der Waals surface area (Å²) in [5.74, 6) is -1.53. The Bertz CT molecular complexity index is 856. The summed E-state index contributed by atoms with van der Waals surface area (Å²) < 4.78 is 15.5. The van der Waals surface area contributed by atoms with Crippen molar-refractivity contribution in [2.24, 2.45) is 5.41 Å². The first-order valence-corrected chi connectivity index (χ1v) is 8.60. The zero-order valence-corrected chi connectivity index (χ0v) is 14.5. The molecule has 3 heterocycles. The smallest absolute Gasteiger partial charge is 0.464 e. The highest BCUT2D eigenvalue weighted by Gasteiger charge is 2.51. The Labute approximate surface area is 155 Å². The lowest BCUT2D eigenvalue weighted by atomic mass is 9.78. The molecule has 0 radical (unpaired) electrons. The minimum absolute atomic E-state index is 0.00282. The molecule has 9 nitrogen and oxygen atoms in total. The Morgan fingerprint density at radius 3 is 2.70 bits per heavy atom. The molecule has 142 valence electrons. The number of hydrogen-bond acceptors (Lipinski definition) is 7. The third-order valence-corrected chi connectivity index (χ3v) is 4.90. The van der Waals surface area contributed by atoms with Crippen molar-refractivity contribution in [1.29, 1.82) is 0 Å². The van der Waals surface area contributed by atoms with E-state index in [-0.39, 0.29) is 11.8 Å².